The Morgan fingerprint density at radius 1 is 1.29 bits per heavy atom. The highest BCUT2D eigenvalue weighted by atomic mass is 16.4. The minimum atomic E-state index is -0.905. The molecule has 1 aromatic heterocycles. The Labute approximate surface area is 125 Å². The first kappa shape index (κ1) is 15.3. The van der Waals surface area contributed by atoms with Gasteiger partial charge in [-0.2, -0.15) is 0 Å². The fourth-order valence-corrected chi connectivity index (χ4v) is 2.61. The molecule has 4 heteroatoms. The summed E-state index contributed by atoms with van der Waals surface area (Å²) in [4.78, 5) is 10.9. The summed E-state index contributed by atoms with van der Waals surface area (Å²) in [5.41, 5.74) is 10.9. The van der Waals surface area contributed by atoms with Crippen molar-refractivity contribution in [2.75, 3.05) is 0 Å². The van der Waals surface area contributed by atoms with Crippen molar-refractivity contribution in [1.29, 1.82) is 0 Å². The van der Waals surface area contributed by atoms with E-state index in [0.29, 0.717) is 5.56 Å². The maximum Gasteiger partial charge on any atom is 0.335 e. The predicted octanol–water partition coefficient (Wildman–Crippen LogP) is 3.07. The summed E-state index contributed by atoms with van der Waals surface area (Å²) in [7, 11) is 0. The van der Waals surface area contributed by atoms with Crippen LogP contribution in [0.25, 0.3) is 5.69 Å². The lowest BCUT2D eigenvalue weighted by molar-refractivity contribution is 0.0697. The minimum absolute atomic E-state index is 0.174. The maximum absolute atomic E-state index is 10.9. The van der Waals surface area contributed by atoms with Crippen molar-refractivity contribution >= 4 is 5.97 Å². The molecule has 0 amide bonds. The monoisotopic (exact) mass is 286 g/mol. The van der Waals surface area contributed by atoms with E-state index in [1.54, 1.807) is 12.1 Å². The zero-order chi connectivity index (χ0) is 15.6. The van der Waals surface area contributed by atoms with Crippen molar-refractivity contribution in [2.24, 2.45) is 5.73 Å². The van der Waals surface area contributed by atoms with Crippen LogP contribution in [0.4, 0.5) is 0 Å². The Hall–Kier alpha value is -2.07. The van der Waals surface area contributed by atoms with Crippen LogP contribution in [0.2, 0.25) is 0 Å². The van der Waals surface area contributed by atoms with Crippen molar-refractivity contribution < 1.29 is 9.90 Å². The van der Waals surface area contributed by atoms with Crippen molar-refractivity contribution in [1.82, 2.24) is 4.57 Å². The van der Waals surface area contributed by atoms with E-state index in [9.17, 15) is 4.79 Å². The third-order valence-corrected chi connectivity index (χ3v) is 3.91. The van der Waals surface area contributed by atoms with Crippen LogP contribution in [0.5, 0.6) is 0 Å². The molecular formula is C17H22N2O2. The normalized spacial score (nSPS) is 12.4. The van der Waals surface area contributed by atoms with Gasteiger partial charge in [0, 0.05) is 23.1 Å². The van der Waals surface area contributed by atoms with Gasteiger partial charge in [0.2, 0.25) is 0 Å². The molecule has 0 bridgehead atoms. The Kier molecular flexibility index (Phi) is 4.48. The summed E-state index contributed by atoms with van der Waals surface area (Å²) < 4.78 is 2.14. The number of nitrogens with two attached hydrogens (primary N) is 1. The molecule has 0 saturated heterocycles. The van der Waals surface area contributed by atoms with E-state index in [-0.39, 0.29) is 6.04 Å². The second-order valence-corrected chi connectivity index (χ2v) is 5.46. The van der Waals surface area contributed by atoms with E-state index in [4.69, 9.17) is 10.8 Å². The highest BCUT2D eigenvalue weighted by Crippen LogP contribution is 2.22. The van der Waals surface area contributed by atoms with Crippen LogP contribution in [-0.2, 0) is 6.42 Å². The number of carboxylic acid groups (broad SMARTS) is 1. The predicted molar refractivity (Wildman–Crippen MR) is 84.2 cm³/mol. The Morgan fingerprint density at radius 2 is 1.90 bits per heavy atom. The Morgan fingerprint density at radius 3 is 2.43 bits per heavy atom. The Balaban J connectivity index is 2.37. The lowest BCUT2D eigenvalue weighted by atomic mass is 10.1. The molecule has 1 atom stereocenters. The van der Waals surface area contributed by atoms with Gasteiger partial charge in [-0.15, -0.1) is 0 Å². The molecule has 1 heterocycles. The van der Waals surface area contributed by atoms with Gasteiger partial charge >= 0.3 is 5.97 Å². The third-order valence-electron chi connectivity index (χ3n) is 3.91. The molecule has 21 heavy (non-hydrogen) atoms. The number of aryl methyl sites for hydroxylation is 1. The number of aromatic carboxylic acids is 1. The molecule has 0 aliphatic rings. The summed E-state index contributed by atoms with van der Waals surface area (Å²) in [6, 6.07) is 9.28. The molecule has 0 spiro atoms. The highest BCUT2D eigenvalue weighted by molar-refractivity contribution is 5.87. The lowest BCUT2D eigenvalue weighted by Crippen LogP contribution is -2.21. The molecule has 2 rings (SSSR count). The average Bonchev–Trinajstić information content (AvgIpc) is 2.73. The van der Waals surface area contributed by atoms with Crippen LogP contribution >= 0.6 is 0 Å². The Bertz CT molecular complexity index is 642. The topological polar surface area (TPSA) is 68.2 Å². The molecule has 4 nitrogen and oxygen atoms in total. The van der Waals surface area contributed by atoms with Crippen molar-refractivity contribution in [3.8, 4) is 5.69 Å². The fraction of sp³-hybridized carbons (Fsp3) is 0.353. The van der Waals surface area contributed by atoms with E-state index in [0.717, 1.165) is 24.2 Å². The molecule has 0 saturated carbocycles. The zero-order valence-corrected chi connectivity index (χ0v) is 12.8. The van der Waals surface area contributed by atoms with Crippen LogP contribution in [-0.4, -0.2) is 21.7 Å². The first-order chi connectivity index (χ1) is 9.93. The number of aromatic nitrogens is 1. The van der Waals surface area contributed by atoms with E-state index < -0.39 is 5.97 Å². The number of hydrogen-bond acceptors (Lipinski definition) is 2. The number of benzene rings is 1. The van der Waals surface area contributed by atoms with Crippen molar-refractivity contribution in [3.63, 3.8) is 0 Å². The van der Waals surface area contributed by atoms with E-state index in [2.05, 4.69) is 31.4 Å². The van der Waals surface area contributed by atoms with Gasteiger partial charge in [-0.05, 0) is 62.6 Å². The van der Waals surface area contributed by atoms with E-state index in [1.807, 2.05) is 12.1 Å². The smallest absolute Gasteiger partial charge is 0.335 e. The van der Waals surface area contributed by atoms with Crippen LogP contribution in [0.1, 0.15) is 40.7 Å². The SMILES string of the molecule is CCC(N)Cc1cc(C)n(-c2ccc(C(=O)O)cc2)c1C. The number of hydrogen-bond donors (Lipinski definition) is 2. The van der Waals surface area contributed by atoms with Gasteiger partial charge in [0.15, 0.2) is 0 Å². The van der Waals surface area contributed by atoms with Gasteiger partial charge < -0.3 is 15.4 Å². The van der Waals surface area contributed by atoms with Gasteiger partial charge in [-0.1, -0.05) is 6.92 Å². The molecule has 112 valence electrons. The van der Waals surface area contributed by atoms with Gasteiger partial charge in [-0.3, -0.25) is 0 Å². The van der Waals surface area contributed by atoms with E-state index >= 15 is 0 Å². The van der Waals surface area contributed by atoms with Crippen molar-refractivity contribution in [2.45, 2.75) is 39.7 Å². The second-order valence-electron chi connectivity index (χ2n) is 5.46. The average molecular weight is 286 g/mol. The maximum atomic E-state index is 10.9. The number of carbonyl (C=O) groups is 1. The van der Waals surface area contributed by atoms with Crippen LogP contribution in [0.15, 0.2) is 30.3 Å². The third kappa shape index (κ3) is 3.16. The first-order valence-corrected chi connectivity index (χ1v) is 7.21. The summed E-state index contributed by atoms with van der Waals surface area (Å²) >= 11 is 0. The lowest BCUT2D eigenvalue weighted by Gasteiger charge is -2.12. The molecule has 3 N–H and O–H groups in total. The number of nitrogens with zero attached hydrogens (tertiary/aromatic N) is 1. The van der Waals surface area contributed by atoms with Crippen LogP contribution < -0.4 is 5.73 Å². The highest BCUT2D eigenvalue weighted by Gasteiger charge is 2.13. The fourth-order valence-electron chi connectivity index (χ4n) is 2.61. The minimum Gasteiger partial charge on any atom is -0.478 e. The number of rotatable bonds is 5. The summed E-state index contributed by atoms with van der Waals surface area (Å²) in [6.07, 6.45) is 1.82. The molecule has 2 aromatic rings. The first-order valence-electron chi connectivity index (χ1n) is 7.21. The molecule has 0 radical (unpaired) electrons. The largest absolute Gasteiger partial charge is 0.478 e. The van der Waals surface area contributed by atoms with Gasteiger partial charge in [0.25, 0.3) is 0 Å². The standard InChI is InChI=1S/C17H22N2O2/c1-4-15(18)10-14-9-11(2)19(12(14)3)16-7-5-13(6-8-16)17(20)21/h5-9,15H,4,10,18H2,1-3H3,(H,20,21). The van der Waals surface area contributed by atoms with Crippen LogP contribution in [0.3, 0.4) is 0 Å². The zero-order valence-electron chi connectivity index (χ0n) is 12.8. The van der Waals surface area contributed by atoms with Gasteiger partial charge in [0.1, 0.15) is 0 Å². The molecule has 1 unspecified atom stereocenters. The summed E-state index contributed by atoms with van der Waals surface area (Å²) in [5.74, 6) is -0.905. The summed E-state index contributed by atoms with van der Waals surface area (Å²) in [6.45, 7) is 6.23. The van der Waals surface area contributed by atoms with Crippen LogP contribution in [0, 0.1) is 13.8 Å². The van der Waals surface area contributed by atoms with Gasteiger partial charge in [0.05, 0.1) is 5.56 Å². The molecular weight excluding hydrogens is 264 g/mol. The van der Waals surface area contributed by atoms with Crippen molar-refractivity contribution in [3.05, 3.63) is 52.8 Å². The molecule has 0 aliphatic carbocycles. The molecule has 1 aromatic carbocycles. The quantitative estimate of drug-likeness (QED) is 0.887. The van der Waals surface area contributed by atoms with E-state index in [1.165, 1.54) is 11.3 Å². The van der Waals surface area contributed by atoms with Gasteiger partial charge in [-0.25, -0.2) is 4.79 Å². The summed E-state index contributed by atoms with van der Waals surface area (Å²) in [5, 5.41) is 8.97. The second kappa shape index (κ2) is 6.14. The number of carboxylic acids is 1. The molecule has 0 aliphatic heterocycles. The molecule has 0 fully saturated rings.